The molecule has 3 aliphatic rings. The monoisotopic (exact) mass is 325 g/mol. The zero-order valence-electron chi connectivity index (χ0n) is 14.7. The molecule has 3 fully saturated rings. The lowest BCUT2D eigenvalue weighted by molar-refractivity contribution is -0.138. The van der Waals surface area contributed by atoms with E-state index < -0.39 is 8.32 Å². The average molecular weight is 326 g/mol. The molecule has 22 heavy (non-hydrogen) atoms. The predicted molar refractivity (Wildman–Crippen MR) is 89.1 cm³/mol. The molecule has 0 radical (unpaired) electrons. The number of hydrogen-bond donors (Lipinski definition) is 1. The van der Waals surface area contributed by atoms with Crippen molar-refractivity contribution in [3.8, 4) is 0 Å². The van der Waals surface area contributed by atoms with Crippen molar-refractivity contribution in [3.63, 3.8) is 0 Å². The molecule has 0 aromatic carbocycles. The van der Waals surface area contributed by atoms with Crippen LogP contribution in [0.2, 0.25) is 18.1 Å². The summed E-state index contributed by atoms with van der Waals surface area (Å²) in [5.41, 5.74) is -0.0947. The molecule has 0 aromatic rings. The number of rotatable bonds is 4. The van der Waals surface area contributed by atoms with Crippen LogP contribution in [0.15, 0.2) is 0 Å². The largest absolute Gasteiger partial charge is 0.411 e. The number of amides is 1. The average Bonchev–Trinajstić information content (AvgIpc) is 3.26. The van der Waals surface area contributed by atoms with Crippen molar-refractivity contribution in [2.45, 2.75) is 88.7 Å². The van der Waals surface area contributed by atoms with Crippen LogP contribution in [0.4, 0.5) is 0 Å². The Morgan fingerprint density at radius 2 is 1.91 bits per heavy atom. The van der Waals surface area contributed by atoms with E-state index in [9.17, 15) is 9.90 Å². The lowest BCUT2D eigenvalue weighted by Crippen LogP contribution is -2.51. The third-order valence-corrected chi connectivity index (χ3v) is 10.8. The first-order chi connectivity index (χ1) is 10.1. The highest BCUT2D eigenvalue weighted by atomic mass is 28.4. The van der Waals surface area contributed by atoms with E-state index in [4.69, 9.17) is 4.43 Å². The lowest BCUT2D eigenvalue weighted by Gasteiger charge is -2.40. The molecular formula is C17H31NO3Si. The van der Waals surface area contributed by atoms with Gasteiger partial charge in [-0.1, -0.05) is 20.8 Å². The van der Waals surface area contributed by atoms with E-state index in [0.717, 1.165) is 32.1 Å². The van der Waals surface area contributed by atoms with E-state index >= 15 is 0 Å². The number of carbonyl (C=O) groups excluding carboxylic acids is 1. The van der Waals surface area contributed by atoms with E-state index in [1.54, 1.807) is 0 Å². The summed E-state index contributed by atoms with van der Waals surface area (Å²) in [6.45, 7) is 11.4. The van der Waals surface area contributed by atoms with Gasteiger partial charge in [0.15, 0.2) is 8.32 Å². The molecule has 4 nitrogen and oxygen atoms in total. The maximum absolute atomic E-state index is 12.7. The van der Waals surface area contributed by atoms with Crippen molar-refractivity contribution in [2.24, 2.45) is 5.92 Å². The molecule has 0 aromatic heterocycles. The first-order valence-corrected chi connectivity index (χ1v) is 11.6. The minimum atomic E-state index is -1.86. The summed E-state index contributed by atoms with van der Waals surface area (Å²) in [5, 5.41) is 9.96. The van der Waals surface area contributed by atoms with Crippen LogP contribution in [-0.2, 0) is 9.22 Å². The first-order valence-electron chi connectivity index (χ1n) is 8.74. The maximum atomic E-state index is 12.7. The van der Waals surface area contributed by atoms with Gasteiger partial charge < -0.3 is 14.4 Å². The summed E-state index contributed by atoms with van der Waals surface area (Å²) in [5.74, 6) is 0.496. The fourth-order valence-corrected chi connectivity index (χ4v) is 4.93. The second-order valence-electron chi connectivity index (χ2n) is 9.02. The number of nitrogens with zero attached hydrogens (tertiary/aromatic N) is 1. The van der Waals surface area contributed by atoms with Gasteiger partial charge in [0.05, 0.1) is 24.3 Å². The van der Waals surface area contributed by atoms with Crippen LogP contribution in [0.3, 0.4) is 0 Å². The number of likely N-dealkylation sites (tertiary alicyclic amines) is 1. The molecule has 2 aliphatic carbocycles. The number of carbonyl (C=O) groups is 1. The van der Waals surface area contributed by atoms with Crippen LogP contribution in [-0.4, -0.2) is 48.5 Å². The molecule has 1 spiro atoms. The summed E-state index contributed by atoms with van der Waals surface area (Å²) in [6.07, 6.45) is 5.06. The molecule has 126 valence electrons. The maximum Gasteiger partial charge on any atom is 0.226 e. The summed E-state index contributed by atoms with van der Waals surface area (Å²) >= 11 is 0. The quantitative estimate of drug-likeness (QED) is 0.809. The second kappa shape index (κ2) is 5.05. The standard InChI is InChI=1S/C17H31NO3Si/c1-16(2,3)22(4,5)21-14-10-13(11-19)18(17(14)8-9-17)15(20)12-6-7-12/h12-14,19H,6-11H2,1-5H3/t13-,14+/m1/s1. The van der Waals surface area contributed by atoms with Crippen molar-refractivity contribution < 1.29 is 14.3 Å². The van der Waals surface area contributed by atoms with E-state index in [0.29, 0.717) is 0 Å². The zero-order chi connectivity index (χ0) is 16.3. The summed E-state index contributed by atoms with van der Waals surface area (Å²) in [6, 6.07) is -0.0367. The van der Waals surface area contributed by atoms with Gasteiger partial charge in [-0.3, -0.25) is 4.79 Å². The Hall–Kier alpha value is -0.393. The van der Waals surface area contributed by atoms with Crippen molar-refractivity contribution in [1.82, 2.24) is 4.90 Å². The molecule has 1 saturated heterocycles. The van der Waals surface area contributed by atoms with Gasteiger partial charge in [0.1, 0.15) is 0 Å². The number of aliphatic hydroxyl groups is 1. The van der Waals surface area contributed by atoms with Gasteiger partial charge in [-0.05, 0) is 50.2 Å². The summed E-state index contributed by atoms with van der Waals surface area (Å²) in [4.78, 5) is 14.8. The van der Waals surface area contributed by atoms with Crippen molar-refractivity contribution in [3.05, 3.63) is 0 Å². The normalized spacial score (nSPS) is 30.9. The zero-order valence-corrected chi connectivity index (χ0v) is 15.7. The number of hydrogen-bond acceptors (Lipinski definition) is 3. The highest BCUT2D eigenvalue weighted by Crippen LogP contribution is 2.56. The molecule has 2 atom stereocenters. The van der Waals surface area contributed by atoms with Crippen LogP contribution in [0.1, 0.15) is 52.9 Å². The van der Waals surface area contributed by atoms with Gasteiger partial charge in [-0.2, -0.15) is 0 Å². The Morgan fingerprint density at radius 1 is 1.32 bits per heavy atom. The second-order valence-corrected chi connectivity index (χ2v) is 13.8. The van der Waals surface area contributed by atoms with E-state index in [1.807, 2.05) is 4.90 Å². The minimum absolute atomic E-state index is 0.0367. The van der Waals surface area contributed by atoms with Crippen LogP contribution >= 0.6 is 0 Å². The van der Waals surface area contributed by atoms with Gasteiger partial charge in [0.2, 0.25) is 5.91 Å². The molecule has 3 rings (SSSR count). The SMILES string of the molecule is CC(C)(C)[Si](C)(C)O[C@H]1C[C@H](CO)N(C(=O)C2CC2)C12CC2. The summed E-state index contributed by atoms with van der Waals surface area (Å²) in [7, 11) is -1.86. The molecule has 0 bridgehead atoms. The summed E-state index contributed by atoms with van der Waals surface area (Å²) < 4.78 is 6.69. The van der Waals surface area contributed by atoms with Gasteiger partial charge in [0.25, 0.3) is 0 Å². The van der Waals surface area contributed by atoms with E-state index in [1.165, 1.54) is 0 Å². The van der Waals surface area contributed by atoms with Crippen LogP contribution in [0.5, 0.6) is 0 Å². The van der Waals surface area contributed by atoms with E-state index in [2.05, 4.69) is 33.9 Å². The minimum Gasteiger partial charge on any atom is -0.411 e. The van der Waals surface area contributed by atoms with Crippen LogP contribution in [0, 0.1) is 5.92 Å². The first kappa shape index (κ1) is 16.5. The molecular weight excluding hydrogens is 294 g/mol. The van der Waals surface area contributed by atoms with Crippen molar-refractivity contribution in [2.75, 3.05) is 6.61 Å². The molecule has 5 heteroatoms. The molecule has 1 N–H and O–H groups in total. The van der Waals surface area contributed by atoms with Crippen molar-refractivity contribution >= 4 is 14.2 Å². The molecule has 0 unspecified atom stereocenters. The molecule has 1 amide bonds. The van der Waals surface area contributed by atoms with Crippen LogP contribution < -0.4 is 0 Å². The van der Waals surface area contributed by atoms with Gasteiger partial charge in [0, 0.05) is 5.92 Å². The topological polar surface area (TPSA) is 49.8 Å². The van der Waals surface area contributed by atoms with Crippen molar-refractivity contribution in [1.29, 1.82) is 0 Å². The highest BCUT2D eigenvalue weighted by molar-refractivity contribution is 6.74. The molecule has 1 heterocycles. The highest BCUT2D eigenvalue weighted by Gasteiger charge is 2.65. The Kier molecular flexibility index (Phi) is 3.78. The van der Waals surface area contributed by atoms with Gasteiger partial charge >= 0.3 is 0 Å². The Balaban J connectivity index is 1.81. The van der Waals surface area contributed by atoms with E-state index in [-0.39, 0.29) is 41.2 Å². The van der Waals surface area contributed by atoms with Crippen LogP contribution in [0.25, 0.3) is 0 Å². The Morgan fingerprint density at radius 3 is 2.32 bits per heavy atom. The Bertz CT molecular complexity index is 463. The fraction of sp³-hybridized carbons (Fsp3) is 0.941. The third kappa shape index (κ3) is 2.55. The lowest BCUT2D eigenvalue weighted by atomic mass is 10.1. The fourth-order valence-electron chi connectivity index (χ4n) is 3.55. The van der Waals surface area contributed by atoms with Gasteiger partial charge in [-0.15, -0.1) is 0 Å². The Labute approximate surface area is 135 Å². The molecule has 1 aliphatic heterocycles. The third-order valence-electron chi connectivity index (χ3n) is 6.31. The van der Waals surface area contributed by atoms with Gasteiger partial charge in [-0.25, -0.2) is 0 Å². The smallest absolute Gasteiger partial charge is 0.226 e. The number of aliphatic hydroxyl groups excluding tert-OH is 1. The predicted octanol–water partition coefficient (Wildman–Crippen LogP) is 2.91. The molecule has 2 saturated carbocycles.